The molecule has 0 rings (SSSR count). The molecule has 0 heterocycles. The fourth-order valence-corrected chi connectivity index (χ4v) is 9.23. The van der Waals surface area contributed by atoms with Gasteiger partial charge in [0, 0.05) is 0 Å². The predicted octanol–water partition coefficient (Wildman–Crippen LogP) is 16.5. The van der Waals surface area contributed by atoms with Crippen molar-refractivity contribution in [3.63, 3.8) is 0 Å². The minimum absolute atomic E-state index is 0.369. The van der Waals surface area contributed by atoms with Crippen molar-refractivity contribution < 1.29 is 25.2 Å². The van der Waals surface area contributed by atoms with Crippen LogP contribution in [-0.4, -0.2) is 57.3 Å². The van der Waals surface area contributed by atoms with Crippen LogP contribution < -0.4 is 5.32 Å². The molecule has 4 unspecified atom stereocenters. The van der Waals surface area contributed by atoms with E-state index in [0.29, 0.717) is 12.8 Å². The number of aliphatic hydroxyl groups excluding tert-OH is 4. The standard InChI is InChI=1S/C57H113NO5/c1-3-5-7-9-11-13-15-17-19-21-23-24-25-26-27-28-29-30-31-33-34-36-38-40-42-44-46-48-50-54(60)56(62)53(52-59)58-57(63)55(61)51-49-47-45-43-41-39-37-35-32-22-20-18-16-14-12-10-8-6-4-2/h42,44,53-56,59-62H,3-41,43,45-52H2,1-2H3,(H,58,63)/b44-42+. The van der Waals surface area contributed by atoms with Crippen LogP contribution >= 0.6 is 0 Å². The van der Waals surface area contributed by atoms with Crippen molar-refractivity contribution in [1.29, 1.82) is 0 Å². The summed E-state index contributed by atoms with van der Waals surface area (Å²) in [6.45, 7) is 4.08. The molecule has 0 bridgehead atoms. The summed E-state index contributed by atoms with van der Waals surface area (Å²) in [5.41, 5.74) is 0. The molecule has 0 spiro atoms. The van der Waals surface area contributed by atoms with Gasteiger partial charge in [-0.3, -0.25) is 4.79 Å². The molecule has 376 valence electrons. The summed E-state index contributed by atoms with van der Waals surface area (Å²) < 4.78 is 0. The topological polar surface area (TPSA) is 110 Å². The first kappa shape index (κ1) is 62.1. The number of allylic oxidation sites excluding steroid dienone is 2. The number of unbranched alkanes of at least 4 members (excludes halogenated alkanes) is 42. The van der Waals surface area contributed by atoms with E-state index in [-0.39, 0.29) is 0 Å². The van der Waals surface area contributed by atoms with Crippen molar-refractivity contribution in [2.24, 2.45) is 0 Å². The van der Waals surface area contributed by atoms with Gasteiger partial charge in [0.15, 0.2) is 0 Å². The van der Waals surface area contributed by atoms with Gasteiger partial charge in [0.1, 0.15) is 12.2 Å². The Bertz CT molecular complexity index is 913. The maximum absolute atomic E-state index is 12.6. The van der Waals surface area contributed by atoms with Gasteiger partial charge in [-0.15, -0.1) is 0 Å². The average molecular weight is 893 g/mol. The fraction of sp³-hybridized carbons (Fsp3) is 0.947. The van der Waals surface area contributed by atoms with Gasteiger partial charge in [-0.2, -0.15) is 0 Å². The highest BCUT2D eigenvalue weighted by Gasteiger charge is 2.28. The quantitative estimate of drug-likeness (QED) is 0.0309. The van der Waals surface area contributed by atoms with E-state index in [1.165, 1.54) is 250 Å². The molecule has 0 saturated heterocycles. The lowest BCUT2D eigenvalue weighted by molar-refractivity contribution is -0.132. The van der Waals surface area contributed by atoms with Crippen LogP contribution in [0.25, 0.3) is 0 Å². The van der Waals surface area contributed by atoms with Gasteiger partial charge in [0.05, 0.1) is 18.8 Å². The molecule has 0 aliphatic heterocycles. The minimum Gasteiger partial charge on any atom is -0.394 e. The number of carbonyl (C=O) groups excluding carboxylic acids is 1. The summed E-state index contributed by atoms with van der Waals surface area (Å²) >= 11 is 0. The Labute approximate surface area is 393 Å². The largest absolute Gasteiger partial charge is 0.394 e. The van der Waals surface area contributed by atoms with Crippen molar-refractivity contribution in [3.05, 3.63) is 12.2 Å². The Balaban J connectivity index is 3.61. The van der Waals surface area contributed by atoms with Crippen LogP contribution in [0, 0.1) is 0 Å². The van der Waals surface area contributed by atoms with Crippen LogP contribution in [0.3, 0.4) is 0 Å². The predicted molar refractivity (Wildman–Crippen MR) is 275 cm³/mol. The molecule has 0 aromatic rings. The summed E-state index contributed by atoms with van der Waals surface area (Å²) in [6, 6.07) is -0.999. The van der Waals surface area contributed by atoms with Crippen LogP contribution in [0.15, 0.2) is 12.2 Å². The molecule has 5 N–H and O–H groups in total. The number of aliphatic hydroxyl groups is 4. The van der Waals surface area contributed by atoms with Gasteiger partial charge >= 0.3 is 0 Å². The average Bonchev–Trinajstić information content (AvgIpc) is 3.29. The van der Waals surface area contributed by atoms with E-state index in [1.807, 2.05) is 0 Å². The minimum atomic E-state index is -1.28. The number of hydrogen-bond acceptors (Lipinski definition) is 5. The van der Waals surface area contributed by atoms with Crippen LogP contribution in [0.5, 0.6) is 0 Å². The molecule has 0 aromatic carbocycles. The summed E-state index contributed by atoms with van der Waals surface area (Å²) in [6.07, 6.45) is 61.5. The Hall–Kier alpha value is -0.950. The Morgan fingerprint density at radius 2 is 0.651 bits per heavy atom. The third-order valence-electron chi connectivity index (χ3n) is 13.7. The second-order valence-electron chi connectivity index (χ2n) is 20.0. The highest BCUT2D eigenvalue weighted by Crippen LogP contribution is 2.18. The lowest BCUT2D eigenvalue weighted by Crippen LogP contribution is -2.53. The van der Waals surface area contributed by atoms with E-state index in [4.69, 9.17) is 0 Å². The number of rotatable bonds is 53. The number of carbonyl (C=O) groups is 1. The summed E-state index contributed by atoms with van der Waals surface area (Å²) in [7, 11) is 0. The third kappa shape index (κ3) is 46.0. The number of nitrogens with one attached hydrogen (secondary N) is 1. The van der Waals surface area contributed by atoms with E-state index in [0.717, 1.165) is 38.5 Å². The molecule has 6 nitrogen and oxygen atoms in total. The summed E-state index contributed by atoms with van der Waals surface area (Å²) in [5, 5.41) is 44.0. The van der Waals surface area contributed by atoms with Crippen molar-refractivity contribution in [1.82, 2.24) is 5.32 Å². The molecule has 0 aliphatic rings. The maximum atomic E-state index is 12.6. The van der Waals surface area contributed by atoms with Gasteiger partial charge in [0.25, 0.3) is 0 Å². The lowest BCUT2D eigenvalue weighted by Gasteiger charge is -2.27. The molecule has 6 heteroatoms. The van der Waals surface area contributed by atoms with E-state index >= 15 is 0 Å². The zero-order valence-electron chi connectivity index (χ0n) is 42.6. The SMILES string of the molecule is CCCCCCCCCCCCCCCCCCCCCCCCC/C=C/CCCC(O)C(O)C(CO)NC(=O)C(O)CCCCCCCCCCCCCCCCCCCCC. The van der Waals surface area contributed by atoms with E-state index in [9.17, 15) is 25.2 Å². The maximum Gasteiger partial charge on any atom is 0.249 e. The van der Waals surface area contributed by atoms with Gasteiger partial charge < -0.3 is 25.7 Å². The Morgan fingerprint density at radius 3 is 0.952 bits per heavy atom. The highest BCUT2D eigenvalue weighted by atomic mass is 16.3. The van der Waals surface area contributed by atoms with Gasteiger partial charge in [-0.25, -0.2) is 0 Å². The number of hydrogen-bond donors (Lipinski definition) is 5. The monoisotopic (exact) mass is 892 g/mol. The zero-order valence-corrected chi connectivity index (χ0v) is 42.6. The summed E-state index contributed by atoms with van der Waals surface area (Å²) in [5.74, 6) is -0.587. The molecular formula is C57H113NO5. The smallest absolute Gasteiger partial charge is 0.249 e. The lowest BCUT2D eigenvalue weighted by atomic mass is 10.00. The first-order valence-electron chi connectivity index (χ1n) is 28.6. The first-order valence-corrected chi connectivity index (χ1v) is 28.6. The second kappa shape index (κ2) is 52.0. The van der Waals surface area contributed by atoms with Crippen LogP contribution in [-0.2, 0) is 4.79 Å². The molecule has 0 aromatic heterocycles. The van der Waals surface area contributed by atoms with Crippen molar-refractivity contribution in [2.45, 2.75) is 340 Å². The van der Waals surface area contributed by atoms with E-state index in [2.05, 4.69) is 31.3 Å². The molecule has 0 radical (unpaired) electrons. The molecule has 63 heavy (non-hydrogen) atoms. The van der Waals surface area contributed by atoms with Crippen LogP contribution in [0.2, 0.25) is 0 Å². The van der Waals surface area contributed by atoms with Gasteiger partial charge in [-0.05, 0) is 38.5 Å². The van der Waals surface area contributed by atoms with Crippen LogP contribution in [0.4, 0.5) is 0 Å². The molecule has 0 aliphatic carbocycles. The van der Waals surface area contributed by atoms with Gasteiger partial charge in [-0.1, -0.05) is 289 Å². The molecule has 4 atom stereocenters. The third-order valence-corrected chi connectivity index (χ3v) is 13.7. The highest BCUT2D eigenvalue weighted by molar-refractivity contribution is 5.80. The molecule has 1 amide bonds. The molecule has 0 fully saturated rings. The first-order chi connectivity index (χ1) is 31.0. The van der Waals surface area contributed by atoms with E-state index in [1.54, 1.807) is 0 Å². The van der Waals surface area contributed by atoms with Crippen molar-refractivity contribution in [3.8, 4) is 0 Å². The molecular weight excluding hydrogens is 779 g/mol. The molecule has 0 saturated carbocycles. The van der Waals surface area contributed by atoms with Crippen molar-refractivity contribution >= 4 is 5.91 Å². The van der Waals surface area contributed by atoms with Gasteiger partial charge in [0.2, 0.25) is 5.91 Å². The van der Waals surface area contributed by atoms with Crippen LogP contribution in [0.1, 0.15) is 316 Å². The zero-order chi connectivity index (χ0) is 45.9. The fourth-order valence-electron chi connectivity index (χ4n) is 9.23. The second-order valence-corrected chi connectivity index (χ2v) is 20.0. The Morgan fingerprint density at radius 1 is 0.381 bits per heavy atom. The summed E-state index contributed by atoms with van der Waals surface area (Å²) in [4.78, 5) is 12.6. The normalized spacial score (nSPS) is 13.8. The van der Waals surface area contributed by atoms with Crippen molar-refractivity contribution in [2.75, 3.05) is 6.61 Å². The number of amides is 1. The van der Waals surface area contributed by atoms with E-state index < -0.39 is 36.9 Å². The Kier molecular flexibility index (Phi) is 51.2.